The van der Waals surface area contributed by atoms with Crippen molar-refractivity contribution in [1.82, 2.24) is 9.97 Å². The summed E-state index contributed by atoms with van der Waals surface area (Å²) in [5.41, 5.74) is 1.14. The van der Waals surface area contributed by atoms with Gasteiger partial charge in [-0.1, -0.05) is 20.8 Å². The molecule has 0 saturated carbocycles. The van der Waals surface area contributed by atoms with Crippen molar-refractivity contribution >= 4 is 11.6 Å². The normalized spacial score (nSPS) is 10.9. The van der Waals surface area contributed by atoms with Crippen LogP contribution in [0, 0.1) is 6.92 Å². The lowest BCUT2D eigenvalue weighted by atomic mass is 10.1. The van der Waals surface area contributed by atoms with Crippen LogP contribution in [0.2, 0.25) is 0 Å². The van der Waals surface area contributed by atoms with Crippen molar-refractivity contribution in [3.05, 3.63) is 11.4 Å². The predicted octanol–water partition coefficient (Wildman–Crippen LogP) is 3.40. The van der Waals surface area contributed by atoms with Crippen LogP contribution in [0.5, 0.6) is 0 Å². The van der Waals surface area contributed by atoms with Gasteiger partial charge in [0, 0.05) is 32.1 Å². The van der Waals surface area contributed by atoms with Gasteiger partial charge in [-0.15, -0.1) is 0 Å². The summed E-state index contributed by atoms with van der Waals surface area (Å²) in [6, 6.07) is 0.535. The minimum absolute atomic E-state index is 0.535. The van der Waals surface area contributed by atoms with Crippen molar-refractivity contribution in [3.63, 3.8) is 0 Å². The lowest BCUT2D eigenvalue weighted by molar-refractivity contribution is 0.583. The molecule has 1 aromatic heterocycles. The van der Waals surface area contributed by atoms with E-state index in [-0.39, 0.29) is 0 Å². The Hall–Kier alpha value is -1.32. The maximum Gasteiger partial charge on any atom is 0.137 e. The SMILES string of the molecule is CCCc1nc(NC)c(C)c(N(C)C(CC)CC)n1. The Labute approximate surface area is 117 Å². The molecule has 0 saturated heterocycles. The van der Waals surface area contributed by atoms with Crippen LogP contribution >= 0.6 is 0 Å². The molecule has 0 spiro atoms. The van der Waals surface area contributed by atoms with E-state index in [4.69, 9.17) is 4.98 Å². The molecule has 1 rings (SSSR count). The van der Waals surface area contributed by atoms with Gasteiger partial charge in [-0.2, -0.15) is 0 Å². The minimum atomic E-state index is 0.535. The van der Waals surface area contributed by atoms with Gasteiger partial charge >= 0.3 is 0 Å². The van der Waals surface area contributed by atoms with E-state index in [9.17, 15) is 0 Å². The number of nitrogens with zero attached hydrogens (tertiary/aromatic N) is 3. The molecule has 0 amide bonds. The topological polar surface area (TPSA) is 41.1 Å². The summed E-state index contributed by atoms with van der Waals surface area (Å²) >= 11 is 0. The third-order valence-corrected chi connectivity index (χ3v) is 3.70. The Morgan fingerprint density at radius 2 is 1.79 bits per heavy atom. The average molecular weight is 264 g/mol. The van der Waals surface area contributed by atoms with E-state index in [0.717, 1.165) is 48.7 Å². The molecule has 0 aliphatic heterocycles. The second-order valence-corrected chi connectivity index (χ2v) is 5.02. The van der Waals surface area contributed by atoms with Crippen molar-refractivity contribution < 1.29 is 0 Å². The molecule has 1 aromatic rings. The highest BCUT2D eigenvalue weighted by atomic mass is 15.2. The average Bonchev–Trinajstić information content (AvgIpc) is 2.42. The maximum absolute atomic E-state index is 4.76. The van der Waals surface area contributed by atoms with Gasteiger partial charge < -0.3 is 10.2 Å². The van der Waals surface area contributed by atoms with E-state index in [1.165, 1.54) is 0 Å². The van der Waals surface area contributed by atoms with Gasteiger partial charge in [-0.3, -0.25) is 0 Å². The molecule has 0 bridgehead atoms. The lowest BCUT2D eigenvalue weighted by Gasteiger charge is -2.29. The van der Waals surface area contributed by atoms with Crippen molar-refractivity contribution in [2.45, 2.75) is 59.4 Å². The van der Waals surface area contributed by atoms with Crippen molar-refractivity contribution in [3.8, 4) is 0 Å². The fraction of sp³-hybridized carbons (Fsp3) is 0.733. The van der Waals surface area contributed by atoms with Crippen LogP contribution in [0.1, 0.15) is 51.4 Å². The third-order valence-electron chi connectivity index (χ3n) is 3.70. The number of nitrogens with one attached hydrogen (secondary N) is 1. The highest BCUT2D eigenvalue weighted by Crippen LogP contribution is 2.25. The van der Waals surface area contributed by atoms with Crippen LogP contribution < -0.4 is 10.2 Å². The first-order valence-electron chi connectivity index (χ1n) is 7.36. The van der Waals surface area contributed by atoms with Gasteiger partial charge in [0.25, 0.3) is 0 Å². The van der Waals surface area contributed by atoms with Gasteiger partial charge in [0.15, 0.2) is 0 Å². The summed E-state index contributed by atoms with van der Waals surface area (Å²) < 4.78 is 0. The number of hydrogen-bond acceptors (Lipinski definition) is 4. The number of aryl methyl sites for hydroxylation is 1. The first-order valence-corrected chi connectivity index (χ1v) is 7.36. The van der Waals surface area contributed by atoms with E-state index in [0.29, 0.717) is 6.04 Å². The van der Waals surface area contributed by atoms with E-state index < -0.39 is 0 Å². The highest BCUT2D eigenvalue weighted by Gasteiger charge is 2.18. The quantitative estimate of drug-likeness (QED) is 0.819. The molecule has 0 aromatic carbocycles. The summed E-state index contributed by atoms with van der Waals surface area (Å²) in [5, 5.41) is 3.19. The second-order valence-electron chi connectivity index (χ2n) is 5.02. The fourth-order valence-corrected chi connectivity index (χ4v) is 2.48. The molecule has 0 fully saturated rings. The molecule has 108 valence electrons. The monoisotopic (exact) mass is 264 g/mol. The van der Waals surface area contributed by atoms with Gasteiger partial charge in [-0.05, 0) is 26.2 Å². The smallest absolute Gasteiger partial charge is 0.137 e. The Morgan fingerprint density at radius 3 is 2.26 bits per heavy atom. The summed E-state index contributed by atoms with van der Waals surface area (Å²) in [4.78, 5) is 11.7. The maximum atomic E-state index is 4.76. The summed E-state index contributed by atoms with van der Waals surface area (Å²) in [6.07, 6.45) is 4.27. The lowest BCUT2D eigenvalue weighted by Crippen LogP contribution is -2.32. The number of aromatic nitrogens is 2. The Morgan fingerprint density at radius 1 is 1.16 bits per heavy atom. The Kier molecular flexibility index (Phi) is 6.06. The van der Waals surface area contributed by atoms with E-state index in [1.807, 2.05) is 7.05 Å². The van der Waals surface area contributed by atoms with Crippen molar-refractivity contribution in [2.24, 2.45) is 0 Å². The predicted molar refractivity (Wildman–Crippen MR) is 83.1 cm³/mol. The van der Waals surface area contributed by atoms with Crippen molar-refractivity contribution in [2.75, 3.05) is 24.3 Å². The van der Waals surface area contributed by atoms with Gasteiger partial charge in [0.2, 0.25) is 0 Å². The molecular formula is C15H28N4. The van der Waals surface area contributed by atoms with Gasteiger partial charge in [-0.25, -0.2) is 9.97 Å². The zero-order chi connectivity index (χ0) is 14.4. The van der Waals surface area contributed by atoms with E-state index in [1.54, 1.807) is 0 Å². The van der Waals surface area contributed by atoms with Gasteiger partial charge in [0.1, 0.15) is 17.5 Å². The largest absolute Gasteiger partial charge is 0.373 e. The minimum Gasteiger partial charge on any atom is -0.373 e. The summed E-state index contributed by atoms with van der Waals surface area (Å²) in [5.74, 6) is 2.95. The van der Waals surface area contributed by atoms with Crippen LogP contribution in [-0.4, -0.2) is 30.1 Å². The van der Waals surface area contributed by atoms with Crippen LogP contribution in [0.3, 0.4) is 0 Å². The first kappa shape index (κ1) is 15.7. The molecule has 0 radical (unpaired) electrons. The molecule has 4 nitrogen and oxygen atoms in total. The van der Waals surface area contributed by atoms with Crippen LogP contribution in [-0.2, 0) is 6.42 Å². The summed E-state index contributed by atoms with van der Waals surface area (Å²) in [6.45, 7) is 8.71. The number of anilines is 2. The van der Waals surface area contributed by atoms with Crippen LogP contribution in [0.15, 0.2) is 0 Å². The molecule has 0 atom stereocenters. The molecule has 0 aliphatic carbocycles. The zero-order valence-corrected chi connectivity index (χ0v) is 13.2. The zero-order valence-electron chi connectivity index (χ0n) is 13.2. The number of hydrogen-bond donors (Lipinski definition) is 1. The Balaban J connectivity index is 3.20. The van der Waals surface area contributed by atoms with Crippen LogP contribution in [0.25, 0.3) is 0 Å². The first-order chi connectivity index (χ1) is 9.08. The molecule has 0 unspecified atom stereocenters. The van der Waals surface area contributed by atoms with Crippen molar-refractivity contribution in [1.29, 1.82) is 0 Å². The second kappa shape index (κ2) is 7.31. The molecular weight excluding hydrogens is 236 g/mol. The third kappa shape index (κ3) is 3.58. The van der Waals surface area contributed by atoms with Crippen LogP contribution in [0.4, 0.5) is 11.6 Å². The van der Waals surface area contributed by atoms with E-state index in [2.05, 4.69) is 49.9 Å². The Bertz CT molecular complexity index is 399. The molecule has 19 heavy (non-hydrogen) atoms. The van der Waals surface area contributed by atoms with Gasteiger partial charge in [0.05, 0.1) is 0 Å². The molecule has 0 aliphatic rings. The molecule has 4 heteroatoms. The molecule has 1 heterocycles. The standard InChI is InChI=1S/C15H28N4/c1-7-10-13-17-14(16-5)11(4)15(18-13)19(6)12(8-2)9-3/h12H,7-10H2,1-6H3,(H,16,17,18). The van der Waals surface area contributed by atoms with E-state index >= 15 is 0 Å². The number of rotatable bonds is 7. The molecule has 1 N–H and O–H groups in total. The summed E-state index contributed by atoms with van der Waals surface area (Å²) in [7, 11) is 4.06. The highest BCUT2D eigenvalue weighted by molar-refractivity contribution is 5.58. The fourth-order valence-electron chi connectivity index (χ4n) is 2.48.